The molecular weight excluding hydrogens is 344 g/mol. The van der Waals surface area contributed by atoms with Crippen LogP contribution in [0.4, 0.5) is 0 Å². The standard InChI is InChI=1S/C17H20N2O3S2/c1-12-5-6-13(11-14(12)24(2,21)22)15(20)19-17(7-3-4-8-17)16-18-9-10-23-16/h5-6,9-11H,3-4,7-8H2,1-2H3,(H,19,20). The largest absolute Gasteiger partial charge is 0.340 e. The van der Waals surface area contributed by atoms with Gasteiger partial charge in [0, 0.05) is 23.4 Å². The van der Waals surface area contributed by atoms with Crippen LogP contribution >= 0.6 is 11.3 Å². The molecular formula is C17H20N2O3S2. The third kappa shape index (κ3) is 3.23. The van der Waals surface area contributed by atoms with E-state index in [9.17, 15) is 13.2 Å². The van der Waals surface area contributed by atoms with Crippen LogP contribution in [0.25, 0.3) is 0 Å². The number of hydrogen-bond acceptors (Lipinski definition) is 5. The van der Waals surface area contributed by atoms with Crippen molar-refractivity contribution in [3.05, 3.63) is 45.9 Å². The highest BCUT2D eigenvalue weighted by atomic mass is 32.2. The first kappa shape index (κ1) is 17.1. The van der Waals surface area contributed by atoms with Crippen LogP contribution < -0.4 is 5.32 Å². The van der Waals surface area contributed by atoms with E-state index in [1.54, 1.807) is 36.6 Å². The summed E-state index contributed by atoms with van der Waals surface area (Å²) in [6, 6.07) is 4.81. The Morgan fingerprint density at radius 3 is 2.58 bits per heavy atom. The van der Waals surface area contributed by atoms with Crippen LogP contribution in [0, 0.1) is 6.92 Å². The zero-order valence-corrected chi connectivity index (χ0v) is 15.3. The summed E-state index contributed by atoms with van der Waals surface area (Å²) in [6.45, 7) is 1.73. The van der Waals surface area contributed by atoms with Crippen LogP contribution in [0.15, 0.2) is 34.7 Å². The van der Waals surface area contributed by atoms with Gasteiger partial charge in [-0.2, -0.15) is 0 Å². The fourth-order valence-electron chi connectivity index (χ4n) is 3.26. The maximum atomic E-state index is 12.8. The van der Waals surface area contributed by atoms with Gasteiger partial charge in [-0.3, -0.25) is 4.79 Å². The number of hydrogen-bond donors (Lipinski definition) is 1. The summed E-state index contributed by atoms with van der Waals surface area (Å²) in [4.78, 5) is 17.4. The molecule has 0 bridgehead atoms. The first-order chi connectivity index (χ1) is 11.3. The Bertz CT molecular complexity index is 852. The van der Waals surface area contributed by atoms with E-state index in [4.69, 9.17) is 0 Å². The highest BCUT2D eigenvalue weighted by Gasteiger charge is 2.39. The number of aryl methyl sites for hydroxylation is 1. The molecule has 1 aromatic heterocycles. The van der Waals surface area contributed by atoms with Crippen LogP contribution in [0.3, 0.4) is 0 Å². The smallest absolute Gasteiger partial charge is 0.252 e. The Kier molecular flexibility index (Phi) is 4.48. The maximum Gasteiger partial charge on any atom is 0.252 e. The Morgan fingerprint density at radius 1 is 1.29 bits per heavy atom. The van der Waals surface area contributed by atoms with Crippen LogP contribution in [0.5, 0.6) is 0 Å². The van der Waals surface area contributed by atoms with Crippen molar-refractivity contribution < 1.29 is 13.2 Å². The number of sulfone groups is 1. The van der Waals surface area contributed by atoms with Gasteiger partial charge in [0.15, 0.2) is 9.84 Å². The molecule has 1 heterocycles. The summed E-state index contributed by atoms with van der Waals surface area (Å²) in [5.74, 6) is -0.253. The lowest BCUT2D eigenvalue weighted by Gasteiger charge is -2.28. The minimum atomic E-state index is -3.37. The van der Waals surface area contributed by atoms with E-state index in [1.807, 2.05) is 5.38 Å². The van der Waals surface area contributed by atoms with Crippen LogP contribution in [-0.4, -0.2) is 25.6 Å². The molecule has 1 fully saturated rings. The van der Waals surface area contributed by atoms with Gasteiger partial charge < -0.3 is 5.32 Å². The lowest BCUT2D eigenvalue weighted by Crippen LogP contribution is -2.43. The SMILES string of the molecule is Cc1ccc(C(=O)NC2(c3nccs3)CCCC2)cc1S(C)(=O)=O. The molecule has 0 aliphatic heterocycles. The van der Waals surface area contributed by atoms with Crippen molar-refractivity contribution >= 4 is 27.1 Å². The predicted molar refractivity (Wildman–Crippen MR) is 94.0 cm³/mol. The second-order valence-electron chi connectivity index (χ2n) is 6.33. The summed E-state index contributed by atoms with van der Waals surface area (Å²) < 4.78 is 23.8. The van der Waals surface area contributed by atoms with Gasteiger partial charge >= 0.3 is 0 Å². The van der Waals surface area contributed by atoms with Gasteiger partial charge in [-0.25, -0.2) is 13.4 Å². The van der Waals surface area contributed by atoms with Crippen molar-refractivity contribution in [2.24, 2.45) is 0 Å². The Morgan fingerprint density at radius 2 is 2.00 bits per heavy atom. The third-order valence-electron chi connectivity index (χ3n) is 4.50. The average Bonchev–Trinajstić information content (AvgIpc) is 3.18. The summed E-state index contributed by atoms with van der Waals surface area (Å²) in [5.41, 5.74) is 0.579. The second-order valence-corrected chi connectivity index (χ2v) is 9.21. The van der Waals surface area contributed by atoms with Gasteiger partial charge in [0.1, 0.15) is 5.01 Å². The van der Waals surface area contributed by atoms with E-state index < -0.39 is 15.4 Å². The summed E-state index contributed by atoms with van der Waals surface area (Å²) in [7, 11) is -3.37. The quantitative estimate of drug-likeness (QED) is 0.905. The molecule has 1 aliphatic carbocycles. The number of rotatable bonds is 4. The summed E-state index contributed by atoms with van der Waals surface area (Å²) in [6.07, 6.45) is 6.71. The average molecular weight is 364 g/mol. The zero-order valence-electron chi connectivity index (χ0n) is 13.7. The molecule has 0 saturated heterocycles. The molecule has 0 spiro atoms. The molecule has 1 saturated carbocycles. The third-order valence-corrected chi connectivity index (χ3v) is 6.72. The highest BCUT2D eigenvalue weighted by molar-refractivity contribution is 7.90. The monoisotopic (exact) mass is 364 g/mol. The maximum absolute atomic E-state index is 12.8. The minimum Gasteiger partial charge on any atom is -0.340 e. The van der Waals surface area contributed by atoms with Crippen LogP contribution in [0.2, 0.25) is 0 Å². The Balaban J connectivity index is 1.92. The second kappa shape index (κ2) is 6.29. The summed E-state index contributed by atoms with van der Waals surface area (Å²) >= 11 is 1.54. The van der Waals surface area contributed by atoms with Gasteiger partial charge in [-0.1, -0.05) is 18.9 Å². The fourth-order valence-corrected chi connectivity index (χ4v) is 5.11. The molecule has 0 unspecified atom stereocenters. The van der Waals surface area contributed by atoms with Gasteiger partial charge in [-0.15, -0.1) is 11.3 Å². The van der Waals surface area contributed by atoms with E-state index in [2.05, 4.69) is 10.3 Å². The molecule has 7 heteroatoms. The van der Waals surface area contributed by atoms with Crippen molar-refractivity contribution in [2.45, 2.75) is 43.0 Å². The Labute approximate surface area is 146 Å². The molecule has 2 aromatic rings. The number of aromatic nitrogens is 1. The molecule has 1 aromatic carbocycles. The molecule has 0 radical (unpaired) electrons. The van der Waals surface area contributed by atoms with Gasteiger partial charge in [0.2, 0.25) is 0 Å². The number of benzene rings is 1. The van der Waals surface area contributed by atoms with Crippen molar-refractivity contribution in [1.29, 1.82) is 0 Å². The van der Waals surface area contributed by atoms with E-state index in [1.165, 1.54) is 6.07 Å². The normalized spacial score (nSPS) is 16.9. The topological polar surface area (TPSA) is 76.1 Å². The Hall–Kier alpha value is -1.73. The molecule has 128 valence electrons. The minimum absolute atomic E-state index is 0.199. The van der Waals surface area contributed by atoms with Crippen molar-refractivity contribution in [2.75, 3.05) is 6.26 Å². The molecule has 1 amide bonds. The lowest BCUT2D eigenvalue weighted by molar-refractivity contribution is 0.0898. The van der Waals surface area contributed by atoms with Crippen molar-refractivity contribution in [1.82, 2.24) is 10.3 Å². The molecule has 3 rings (SSSR count). The first-order valence-electron chi connectivity index (χ1n) is 7.85. The molecule has 1 N–H and O–H groups in total. The van der Waals surface area contributed by atoms with Crippen molar-refractivity contribution in [3.63, 3.8) is 0 Å². The number of nitrogens with zero attached hydrogens (tertiary/aromatic N) is 1. The molecule has 5 nitrogen and oxygen atoms in total. The van der Waals surface area contributed by atoms with E-state index in [0.29, 0.717) is 11.1 Å². The lowest BCUT2D eigenvalue weighted by atomic mass is 9.97. The number of carbonyl (C=O) groups is 1. The van der Waals surface area contributed by atoms with Crippen molar-refractivity contribution in [3.8, 4) is 0 Å². The molecule has 0 atom stereocenters. The number of carbonyl (C=O) groups excluding carboxylic acids is 1. The number of amides is 1. The predicted octanol–water partition coefficient (Wildman–Crippen LogP) is 3.05. The van der Waals surface area contributed by atoms with Gasteiger partial charge in [0.05, 0.1) is 10.4 Å². The van der Waals surface area contributed by atoms with E-state index >= 15 is 0 Å². The van der Waals surface area contributed by atoms with E-state index in [-0.39, 0.29) is 10.8 Å². The van der Waals surface area contributed by atoms with Gasteiger partial charge in [-0.05, 0) is 37.5 Å². The van der Waals surface area contributed by atoms with Gasteiger partial charge in [0.25, 0.3) is 5.91 Å². The number of thiazole rings is 1. The highest BCUT2D eigenvalue weighted by Crippen LogP contribution is 2.39. The molecule has 24 heavy (non-hydrogen) atoms. The first-order valence-corrected chi connectivity index (χ1v) is 10.6. The molecule has 1 aliphatic rings. The summed E-state index contributed by atoms with van der Waals surface area (Å²) in [5, 5.41) is 5.96. The van der Waals surface area contributed by atoms with Crippen LogP contribution in [0.1, 0.15) is 46.6 Å². The zero-order chi connectivity index (χ0) is 17.4. The van der Waals surface area contributed by atoms with E-state index in [0.717, 1.165) is 36.9 Å². The fraction of sp³-hybridized carbons (Fsp3) is 0.412. The van der Waals surface area contributed by atoms with Crippen LogP contribution in [-0.2, 0) is 15.4 Å². The number of nitrogens with one attached hydrogen (secondary N) is 1.